The van der Waals surface area contributed by atoms with Gasteiger partial charge in [-0.25, -0.2) is 0 Å². The molecule has 0 fully saturated rings. The van der Waals surface area contributed by atoms with E-state index in [0.717, 1.165) is 18.5 Å². The number of nitrogens with zero attached hydrogens (tertiary/aromatic N) is 4. The van der Waals surface area contributed by atoms with E-state index in [-0.39, 0.29) is 17.2 Å². The molecule has 0 aliphatic heterocycles. The second-order valence-corrected chi connectivity index (χ2v) is 8.21. The number of carbonyl (C=O) groups excluding carboxylic acids is 1. The van der Waals surface area contributed by atoms with Gasteiger partial charge in [-0.2, -0.15) is 4.68 Å². The highest BCUT2D eigenvalue weighted by Crippen LogP contribution is 2.23. The molecular weight excluding hydrogens is 370 g/mol. The molecule has 0 aliphatic carbocycles. The van der Waals surface area contributed by atoms with Gasteiger partial charge in [-0.3, -0.25) is 4.79 Å². The summed E-state index contributed by atoms with van der Waals surface area (Å²) in [6.45, 7) is 5.94. The third kappa shape index (κ3) is 5.42. The molecule has 2 aromatic carbocycles. The normalized spacial score (nSPS) is 13.1. The first kappa shape index (κ1) is 20.1. The summed E-state index contributed by atoms with van der Waals surface area (Å²) in [6, 6.07) is 18.4. The number of hydrogen-bond acceptors (Lipinski definition) is 5. The van der Waals surface area contributed by atoms with Crippen molar-refractivity contribution in [1.29, 1.82) is 0 Å². The second-order valence-electron chi connectivity index (χ2n) is 6.90. The summed E-state index contributed by atoms with van der Waals surface area (Å²) in [7, 11) is 0. The fourth-order valence-corrected chi connectivity index (χ4v) is 3.59. The van der Waals surface area contributed by atoms with Gasteiger partial charge in [0.15, 0.2) is 0 Å². The molecule has 146 valence electrons. The van der Waals surface area contributed by atoms with E-state index in [4.69, 9.17) is 0 Å². The maximum Gasteiger partial charge on any atom is 0.233 e. The van der Waals surface area contributed by atoms with Gasteiger partial charge < -0.3 is 5.32 Å². The average Bonchev–Trinajstić information content (AvgIpc) is 3.16. The molecular formula is C21H25N5OS. The lowest BCUT2D eigenvalue weighted by Gasteiger charge is -2.17. The van der Waals surface area contributed by atoms with Crippen LogP contribution in [0.4, 0.5) is 0 Å². The zero-order valence-corrected chi connectivity index (χ0v) is 17.2. The molecule has 1 N–H and O–H groups in total. The van der Waals surface area contributed by atoms with Gasteiger partial charge in [0.1, 0.15) is 0 Å². The van der Waals surface area contributed by atoms with Crippen LogP contribution in [-0.4, -0.2) is 37.4 Å². The SMILES string of the molecule is Cc1ccc(-n2nnnc2SC(C)C(=O)NC(C)CCc2ccccc2)cc1. The Bertz CT molecular complexity index is 895. The maximum atomic E-state index is 12.6. The molecule has 0 aliphatic rings. The summed E-state index contributed by atoms with van der Waals surface area (Å²) in [6.07, 6.45) is 1.84. The number of nitrogens with one attached hydrogen (secondary N) is 1. The van der Waals surface area contributed by atoms with Crippen molar-refractivity contribution in [3.05, 3.63) is 65.7 Å². The molecule has 2 atom stereocenters. The van der Waals surface area contributed by atoms with Crippen molar-refractivity contribution < 1.29 is 4.79 Å². The van der Waals surface area contributed by atoms with Crippen LogP contribution in [0.25, 0.3) is 5.69 Å². The van der Waals surface area contributed by atoms with Crippen LogP contribution < -0.4 is 5.32 Å². The maximum absolute atomic E-state index is 12.6. The molecule has 0 bridgehead atoms. The van der Waals surface area contributed by atoms with Crippen molar-refractivity contribution in [2.24, 2.45) is 0 Å². The number of amides is 1. The van der Waals surface area contributed by atoms with Gasteiger partial charge in [0.25, 0.3) is 0 Å². The van der Waals surface area contributed by atoms with E-state index < -0.39 is 0 Å². The number of aromatic nitrogens is 4. The molecule has 0 spiro atoms. The molecule has 28 heavy (non-hydrogen) atoms. The minimum Gasteiger partial charge on any atom is -0.353 e. The molecule has 3 aromatic rings. The quantitative estimate of drug-likeness (QED) is 0.590. The zero-order valence-electron chi connectivity index (χ0n) is 16.4. The number of thioether (sulfide) groups is 1. The standard InChI is InChI=1S/C21H25N5OS/c1-15-9-13-19(14-10-15)26-21(23-24-25-26)28-17(3)20(27)22-16(2)11-12-18-7-5-4-6-8-18/h4-10,13-14,16-17H,11-12H2,1-3H3,(H,22,27). The Balaban J connectivity index is 1.54. The highest BCUT2D eigenvalue weighted by atomic mass is 32.2. The summed E-state index contributed by atoms with van der Waals surface area (Å²) >= 11 is 1.36. The summed E-state index contributed by atoms with van der Waals surface area (Å²) in [5.41, 5.74) is 3.33. The Labute approximate surface area is 169 Å². The molecule has 1 amide bonds. The first-order chi connectivity index (χ1) is 13.5. The van der Waals surface area contributed by atoms with Gasteiger partial charge in [-0.15, -0.1) is 5.10 Å². The predicted octanol–water partition coefficient (Wildman–Crippen LogP) is 3.59. The molecule has 0 radical (unpaired) electrons. The van der Waals surface area contributed by atoms with Gasteiger partial charge in [0, 0.05) is 6.04 Å². The van der Waals surface area contributed by atoms with Gasteiger partial charge >= 0.3 is 0 Å². The predicted molar refractivity (Wildman–Crippen MR) is 112 cm³/mol. The molecule has 7 heteroatoms. The lowest BCUT2D eigenvalue weighted by Crippen LogP contribution is -2.38. The Hall–Kier alpha value is -2.67. The Morgan fingerprint density at radius 1 is 1.11 bits per heavy atom. The Morgan fingerprint density at radius 3 is 2.54 bits per heavy atom. The molecule has 1 aromatic heterocycles. The third-order valence-electron chi connectivity index (χ3n) is 4.47. The van der Waals surface area contributed by atoms with E-state index in [1.54, 1.807) is 4.68 Å². The largest absolute Gasteiger partial charge is 0.353 e. The van der Waals surface area contributed by atoms with Crippen LogP contribution >= 0.6 is 11.8 Å². The first-order valence-corrected chi connectivity index (χ1v) is 10.3. The van der Waals surface area contributed by atoms with Crippen LogP contribution in [0.1, 0.15) is 31.4 Å². The van der Waals surface area contributed by atoms with Crippen molar-refractivity contribution in [2.75, 3.05) is 0 Å². The van der Waals surface area contributed by atoms with E-state index >= 15 is 0 Å². The van der Waals surface area contributed by atoms with Crippen LogP contribution in [0.15, 0.2) is 59.8 Å². The highest BCUT2D eigenvalue weighted by molar-refractivity contribution is 8.00. The minimum atomic E-state index is -0.297. The number of rotatable bonds is 8. The fourth-order valence-electron chi connectivity index (χ4n) is 2.77. The molecule has 0 saturated carbocycles. The molecule has 1 heterocycles. The highest BCUT2D eigenvalue weighted by Gasteiger charge is 2.20. The van der Waals surface area contributed by atoms with Crippen LogP contribution in [0.5, 0.6) is 0 Å². The van der Waals surface area contributed by atoms with Crippen LogP contribution in [0.2, 0.25) is 0 Å². The average molecular weight is 396 g/mol. The number of hydrogen-bond donors (Lipinski definition) is 1. The third-order valence-corrected chi connectivity index (χ3v) is 5.50. The van der Waals surface area contributed by atoms with E-state index in [0.29, 0.717) is 5.16 Å². The monoisotopic (exact) mass is 395 g/mol. The summed E-state index contributed by atoms with van der Waals surface area (Å²) in [4.78, 5) is 12.6. The van der Waals surface area contributed by atoms with E-state index in [2.05, 4.69) is 33.0 Å². The summed E-state index contributed by atoms with van der Waals surface area (Å²) in [5, 5.41) is 15.3. The van der Waals surface area contributed by atoms with Gasteiger partial charge in [-0.1, -0.05) is 59.8 Å². The minimum absolute atomic E-state index is 0.0102. The van der Waals surface area contributed by atoms with E-state index in [9.17, 15) is 4.79 Å². The van der Waals surface area contributed by atoms with Gasteiger partial charge in [-0.05, 0) is 61.7 Å². The van der Waals surface area contributed by atoms with Crippen LogP contribution in [-0.2, 0) is 11.2 Å². The summed E-state index contributed by atoms with van der Waals surface area (Å²) in [5.74, 6) is -0.0102. The molecule has 0 saturated heterocycles. The Kier molecular flexibility index (Phi) is 6.81. The summed E-state index contributed by atoms with van der Waals surface area (Å²) < 4.78 is 1.66. The van der Waals surface area contributed by atoms with Crippen molar-refractivity contribution in [3.8, 4) is 5.69 Å². The van der Waals surface area contributed by atoms with E-state index in [1.165, 1.54) is 22.9 Å². The molecule has 6 nitrogen and oxygen atoms in total. The lowest BCUT2D eigenvalue weighted by molar-refractivity contribution is -0.120. The van der Waals surface area contributed by atoms with Crippen molar-refractivity contribution in [3.63, 3.8) is 0 Å². The zero-order chi connectivity index (χ0) is 19.9. The second kappa shape index (κ2) is 9.50. The number of benzene rings is 2. The molecule has 3 rings (SSSR count). The lowest BCUT2D eigenvalue weighted by atomic mass is 10.1. The van der Waals surface area contributed by atoms with Crippen LogP contribution in [0, 0.1) is 6.92 Å². The van der Waals surface area contributed by atoms with Crippen molar-refractivity contribution in [2.45, 2.75) is 50.1 Å². The number of tetrazole rings is 1. The van der Waals surface area contributed by atoms with Crippen molar-refractivity contribution in [1.82, 2.24) is 25.5 Å². The number of carbonyl (C=O) groups is 1. The van der Waals surface area contributed by atoms with Gasteiger partial charge in [0.05, 0.1) is 10.9 Å². The first-order valence-electron chi connectivity index (χ1n) is 9.39. The number of aryl methyl sites for hydroxylation is 2. The van der Waals surface area contributed by atoms with Crippen LogP contribution in [0.3, 0.4) is 0 Å². The Morgan fingerprint density at radius 2 is 1.82 bits per heavy atom. The molecule has 2 unspecified atom stereocenters. The fraction of sp³-hybridized carbons (Fsp3) is 0.333. The van der Waals surface area contributed by atoms with E-state index in [1.807, 2.05) is 63.2 Å². The topological polar surface area (TPSA) is 72.7 Å². The smallest absolute Gasteiger partial charge is 0.233 e. The van der Waals surface area contributed by atoms with Crippen molar-refractivity contribution >= 4 is 17.7 Å². The van der Waals surface area contributed by atoms with Gasteiger partial charge in [0.2, 0.25) is 11.1 Å².